The lowest BCUT2D eigenvalue weighted by molar-refractivity contribution is 0.563. The minimum Gasteiger partial charge on any atom is -0.222 e. The van der Waals surface area contributed by atoms with E-state index in [4.69, 9.17) is 10.2 Å². The molecule has 3 heteroatoms. The predicted octanol–water partition coefficient (Wildman–Crippen LogP) is 2.10. The van der Waals surface area contributed by atoms with E-state index in [1.807, 2.05) is 0 Å². The molecule has 0 aromatic heterocycles. The van der Waals surface area contributed by atoms with E-state index < -0.39 is 8.80 Å². The van der Waals surface area contributed by atoms with E-state index in [9.17, 15) is 0 Å². The third-order valence-electron chi connectivity index (χ3n) is 3.19. The molecular formula is C19H16NOSi. The van der Waals surface area contributed by atoms with Crippen molar-refractivity contribution >= 4 is 30.4 Å². The van der Waals surface area contributed by atoms with Gasteiger partial charge in [0, 0.05) is 0 Å². The zero-order valence-electron chi connectivity index (χ0n) is 12.1. The second-order valence-corrected chi connectivity index (χ2v) is 7.06. The lowest BCUT2D eigenvalue weighted by Gasteiger charge is -2.16. The molecule has 107 valence electrons. The van der Waals surface area contributed by atoms with Crippen LogP contribution in [0.5, 0.6) is 0 Å². The van der Waals surface area contributed by atoms with E-state index in [1.54, 1.807) is 0 Å². The lowest BCUT2D eigenvalue weighted by atomic mass is 10.3. The van der Waals surface area contributed by atoms with Gasteiger partial charge in [0.15, 0.2) is 8.80 Å². The Morgan fingerprint density at radius 1 is 0.591 bits per heavy atom. The minimum absolute atomic E-state index is 0.750. The average Bonchev–Trinajstić information content (AvgIpc) is 2.59. The van der Waals surface area contributed by atoms with Gasteiger partial charge in [0.1, 0.15) is 0 Å². The zero-order valence-corrected chi connectivity index (χ0v) is 13.1. The van der Waals surface area contributed by atoms with E-state index in [1.165, 1.54) is 15.6 Å². The van der Waals surface area contributed by atoms with Crippen LogP contribution in [-0.2, 0) is 4.79 Å². The second-order valence-electron chi connectivity index (χ2n) is 4.58. The normalized spacial score (nSPS) is 9.50. The maximum absolute atomic E-state index is 8.35. The number of isocyanates is 1. The van der Waals surface area contributed by atoms with Crippen LogP contribution in [0, 0.1) is 5.41 Å². The van der Waals surface area contributed by atoms with Crippen LogP contribution in [0.25, 0.3) is 0 Å². The van der Waals surface area contributed by atoms with Gasteiger partial charge in [0.05, 0.1) is 0 Å². The van der Waals surface area contributed by atoms with Crippen LogP contribution < -0.4 is 15.6 Å². The molecule has 22 heavy (non-hydrogen) atoms. The first-order valence-electron chi connectivity index (χ1n) is 6.94. The molecule has 0 saturated heterocycles. The summed E-state index contributed by atoms with van der Waals surface area (Å²) in [6.07, 6.45) is 0.750. The molecule has 0 atom stereocenters. The largest absolute Gasteiger partial charge is 0.231 e. The third-order valence-corrected chi connectivity index (χ3v) is 5.92. The molecular weight excluding hydrogens is 286 g/mol. The van der Waals surface area contributed by atoms with E-state index in [0.717, 1.165) is 6.08 Å². The molecule has 1 radical (unpaired) electrons. The van der Waals surface area contributed by atoms with Crippen LogP contribution >= 0.6 is 0 Å². The molecule has 0 aliphatic rings. The first kappa shape index (κ1) is 15.6. The number of hydrogen-bond acceptors (Lipinski definition) is 2. The van der Waals surface area contributed by atoms with E-state index in [-0.39, 0.29) is 0 Å². The van der Waals surface area contributed by atoms with Crippen molar-refractivity contribution < 1.29 is 4.79 Å². The van der Waals surface area contributed by atoms with Crippen molar-refractivity contribution in [3.8, 4) is 0 Å². The van der Waals surface area contributed by atoms with Gasteiger partial charge in [-0.1, -0.05) is 107 Å². The molecule has 0 bridgehead atoms. The summed E-state index contributed by atoms with van der Waals surface area (Å²) in [4.78, 5) is 8.35. The number of benzene rings is 3. The fraction of sp³-hybridized carbons (Fsp3) is 0. The van der Waals surface area contributed by atoms with Gasteiger partial charge in [-0.25, -0.2) is 10.2 Å². The molecule has 0 aliphatic heterocycles. The van der Waals surface area contributed by atoms with Crippen molar-refractivity contribution in [3.05, 3.63) is 91.0 Å². The summed E-state index contributed by atoms with van der Waals surface area (Å²) in [6, 6.07) is 32.5. The zero-order chi connectivity index (χ0) is 15.6. The molecule has 0 aliphatic carbocycles. The fourth-order valence-electron chi connectivity index (χ4n) is 2.31. The van der Waals surface area contributed by atoms with Gasteiger partial charge in [-0.15, -0.1) is 0 Å². The van der Waals surface area contributed by atoms with Crippen LogP contribution in [-0.4, -0.2) is 14.9 Å². The van der Waals surface area contributed by atoms with Crippen LogP contribution in [0.4, 0.5) is 0 Å². The number of nitrogens with one attached hydrogen (secondary N) is 1. The van der Waals surface area contributed by atoms with Crippen LogP contribution in [0.3, 0.4) is 0 Å². The SMILES string of the molecule is N=C=O.c1ccc([Si](c2ccccc2)c2ccccc2)cc1. The lowest BCUT2D eigenvalue weighted by Crippen LogP contribution is -2.51. The monoisotopic (exact) mass is 302 g/mol. The number of hydrogen-bond donors (Lipinski definition) is 1. The Balaban J connectivity index is 0.000000545. The minimum atomic E-state index is -0.877. The smallest absolute Gasteiger partial charge is 0.222 e. The van der Waals surface area contributed by atoms with Crippen molar-refractivity contribution in [2.45, 2.75) is 0 Å². The second kappa shape index (κ2) is 8.52. The van der Waals surface area contributed by atoms with Gasteiger partial charge in [0.25, 0.3) is 0 Å². The topological polar surface area (TPSA) is 40.9 Å². The molecule has 0 spiro atoms. The molecule has 3 aromatic rings. The molecule has 0 heterocycles. The Hall–Kier alpha value is -2.74. The van der Waals surface area contributed by atoms with Gasteiger partial charge in [-0.3, -0.25) is 0 Å². The van der Waals surface area contributed by atoms with E-state index >= 15 is 0 Å². The Bertz CT molecular complexity index is 614. The summed E-state index contributed by atoms with van der Waals surface area (Å²) >= 11 is 0. The van der Waals surface area contributed by atoms with Gasteiger partial charge >= 0.3 is 0 Å². The fourth-order valence-corrected chi connectivity index (χ4v) is 4.89. The van der Waals surface area contributed by atoms with Crippen molar-refractivity contribution in [1.82, 2.24) is 0 Å². The van der Waals surface area contributed by atoms with Crippen LogP contribution in [0.2, 0.25) is 0 Å². The Labute approximate surface area is 132 Å². The average molecular weight is 302 g/mol. The molecule has 3 rings (SSSR count). The summed E-state index contributed by atoms with van der Waals surface area (Å²) in [5.74, 6) is 0. The highest BCUT2D eigenvalue weighted by Gasteiger charge is 2.18. The van der Waals surface area contributed by atoms with Crippen LogP contribution in [0.15, 0.2) is 91.0 Å². The molecule has 0 amide bonds. The maximum atomic E-state index is 8.35. The van der Waals surface area contributed by atoms with Gasteiger partial charge in [-0.05, 0) is 0 Å². The maximum Gasteiger partial charge on any atom is 0.231 e. The summed E-state index contributed by atoms with van der Waals surface area (Å²) in [5, 5.41) is 9.71. The quantitative estimate of drug-likeness (QED) is 0.342. The van der Waals surface area contributed by atoms with Crippen molar-refractivity contribution in [2.24, 2.45) is 0 Å². The Morgan fingerprint density at radius 2 is 0.818 bits per heavy atom. The highest BCUT2D eigenvalue weighted by Crippen LogP contribution is 1.95. The van der Waals surface area contributed by atoms with Crippen LogP contribution in [0.1, 0.15) is 0 Å². The molecule has 3 aromatic carbocycles. The molecule has 0 fully saturated rings. The predicted molar refractivity (Wildman–Crippen MR) is 92.4 cm³/mol. The van der Waals surface area contributed by atoms with Crippen molar-refractivity contribution in [3.63, 3.8) is 0 Å². The van der Waals surface area contributed by atoms with E-state index in [2.05, 4.69) is 91.0 Å². The van der Waals surface area contributed by atoms with Crippen molar-refractivity contribution in [2.75, 3.05) is 0 Å². The third kappa shape index (κ3) is 4.12. The summed E-state index contributed by atoms with van der Waals surface area (Å²) in [7, 11) is -0.877. The summed E-state index contributed by atoms with van der Waals surface area (Å²) in [5.41, 5.74) is 0. The number of carbonyl (C=O) groups excluding carboxylic acids is 1. The highest BCUT2D eigenvalue weighted by molar-refractivity contribution is 6.95. The molecule has 1 N–H and O–H groups in total. The van der Waals surface area contributed by atoms with Gasteiger partial charge in [0.2, 0.25) is 6.08 Å². The first-order valence-corrected chi connectivity index (χ1v) is 8.44. The Kier molecular flexibility index (Phi) is 6.06. The summed E-state index contributed by atoms with van der Waals surface area (Å²) < 4.78 is 0. The molecule has 2 nitrogen and oxygen atoms in total. The Morgan fingerprint density at radius 3 is 1.05 bits per heavy atom. The highest BCUT2D eigenvalue weighted by atomic mass is 28.3. The molecule has 0 saturated carbocycles. The first-order chi connectivity index (χ1) is 10.9. The van der Waals surface area contributed by atoms with Gasteiger partial charge < -0.3 is 0 Å². The standard InChI is InChI=1S/C18H15Si.CHNO/c1-4-10-16(11-5-1)19(17-12-6-2-7-13-17)18-14-8-3-9-15-18;2-1-3/h1-15H;2H. The molecule has 0 unspecified atom stereocenters. The van der Waals surface area contributed by atoms with Crippen molar-refractivity contribution in [1.29, 1.82) is 5.41 Å². The summed E-state index contributed by atoms with van der Waals surface area (Å²) in [6.45, 7) is 0. The number of rotatable bonds is 3. The van der Waals surface area contributed by atoms with Gasteiger partial charge in [-0.2, -0.15) is 0 Å². The van der Waals surface area contributed by atoms with E-state index in [0.29, 0.717) is 0 Å².